The van der Waals surface area contributed by atoms with Crippen molar-refractivity contribution in [1.29, 1.82) is 0 Å². The van der Waals surface area contributed by atoms with Gasteiger partial charge >= 0.3 is 0 Å². The Morgan fingerprint density at radius 1 is 1.16 bits per heavy atom. The molecule has 0 amide bonds. The molecular weight excluding hydrogens is 345 g/mol. The van der Waals surface area contributed by atoms with E-state index in [4.69, 9.17) is 0 Å². The van der Waals surface area contributed by atoms with E-state index in [0.29, 0.717) is 30.0 Å². The van der Waals surface area contributed by atoms with Crippen LogP contribution in [0.5, 0.6) is 0 Å². The summed E-state index contributed by atoms with van der Waals surface area (Å²) in [5.41, 5.74) is 1.27. The molecule has 1 saturated heterocycles. The highest BCUT2D eigenvalue weighted by molar-refractivity contribution is 7.89. The van der Waals surface area contributed by atoms with Crippen LogP contribution in [-0.4, -0.2) is 41.5 Å². The molecule has 2 heterocycles. The number of hydrogen-bond acceptors (Lipinski definition) is 4. The van der Waals surface area contributed by atoms with E-state index < -0.39 is 10.0 Å². The standard InChI is InChI=1S/C17H20FN3O3S/c1-12-17(25(23,24)20-9-3-4-10-20)13(2)21(19-12)16(22)11-14-5-7-15(18)8-6-14/h5-8H,3-4,9-11H2,1-2H3. The van der Waals surface area contributed by atoms with E-state index in [0.717, 1.165) is 17.5 Å². The van der Waals surface area contributed by atoms with Crippen molar-refractivity contribution in [1.82, 2.24) is 14.1 Å². The number of benzene rings is 1. The van der Waals surface area contributed by atoms with E-state index in [1.165, 1.54) is 28.6 Å². The quantitative estimate of drug-likeness (QED) is 0.833. The largest absolute Gasteiger partial charge is 0.272 e. The normalized spacial score (nSPS) is 15.6. The van der Waals surface area contributed by atoms with Crippen molar-refractivity contribution in [3.63, 3.8) is 0 Å². The van der Waals surface area contributed by atoms with Crippen molar-refractivity contribution < 1.29 is 17.6 Å². The molecule has 0 bridgehead atoms. The van der Waals surface area contributed by atoms with Crippen molar-refractivity contribution in [2.45, 2.75) is 38.0 Å². The molecule has 1 aromatic heterocycles. The summed E-state index contributed by atoms with van der Waals surface area (Å²) in [6.07, 6.45) is 1.70. The van der Waals surface area contributed by atoms with Gasteiger partial charge in [0, 0.05) is 13.1 Å². The molecule has 0 spiro atoms. The van der Waals surface area contributed by atoms with Gasteiger partial charge in [-0.25, -0.2) is 17.5 Å². The molecule has 2 aromatic rings. The number of halogens is 1. The van der Waals surface area contributed by atoms with Gasteiger partial charge in [0.25, 0.3) is 5.91 Å². The topological polar surface area (TPSA) is 72.3 Å². The summed E-state index contributed by atoms with van der Waals surface area (Å²) in [4.78, 5) is 12.6. The van der Waals surface area contributed by atoms with Crippen LogP contribution >= 0.6 is 0 Å². The molecule has 1 aliphatic rings. The molecule has 0 aliphatic carbocycles. The van der Waals surface area contributed by atoms with Crippen LogP contribution in [0.2, 0.25) is 0 Å². The minimum absolute atomic E-state index is 0.0193. The van der Waals surface area contributed by atoms with Crippen LogP contribution in [0.15, 0.2) is 29.2 Å². The molecule has 0 atom stereocenters. The zero-order valence-corrected chi connectivity index (χ0v) is 15.0. The fourth-order valence-corrected chi connectivity index (χ4v) is 5.02. The third-order valence-corrected chi connectivity index (χ3v) is 6.54. The van der Waals surface area contributed by atoms with Gasteiger partial charge < -0.3 is 0 Å². The predicted molar refractivity (Wildman–Crippen MR) is 90.4 cm³/mol. The summed E-state index contributed by atoms with van der Waals surface area (Å²) in [6.45, 7) is 4.18. The number of hydrogen-bond donors (Lipinski definition) is 0. The Bertz CT molecular complexity index is 898. The molecule has 1 fully saturated rings. The summed E-state index contributed by atoms with van der Waals surface area (Å²) >= 11 is 0. The lowest BCUT2D eigenvalue weighted by atomic mass is 10.1. The summed E-state index contributed by atoms with van der Waals surface area (Å²) < 4.78 is 41.2. The van der Waals surface area contributed by atoms with E-state index in [-0.39, 0.29) is 23.0 Å². The first-order valence-corrected chi connectivity index (χ1v) is 9.58. The first-order chi connectivity index (χ1) is 11.8. The van der Waals surface area contributed by atoms with E-state index in [1.807, 2.05) is 0 Å². The zero-order valence-electron chi connectivity index (χ0n) is 14.2. The second-order valence-electron chi connectivity index (χ2n) is 6.22. The Balaban J connectivity index is 1.91. The second-order valence-corrected chi connectivity index (χ2v) is 8.09. The SMILES string of the molecule is Cc1nn(C(=O)Cc2ccc(F)cc2)c(C)c1S(=O)(=O)N1CCCC1. The fraction of sp³-hybridized carbons (Fsp3) is 0.412. The smallest absolute Gasteiger partial charge is 0.251 e. The highest BCUT2D eigenvalue weighted by Gasteiger charge is 2.33. The van der Waals surface area contributed by atoms with Crippen LogP contribution in [0, 0.1) is 19.7 Å². The fourth-order valence-electron chi connectivity index (χ4n) is 3.15. The number of aromatic nitrogens is 2. The molecule has 0 radical (unpaired) electrons. The van der Waals surface area contributed by atoms with Gasteiger partial charge in [0.1, 0.15) is 10.7 Å². The Morgan fingerprint density at radius 3 is 2.36 bits per heavy atom. The average Bonchev–Trinajstić information content (AvgIpc) is 3.18. The van der Waals surface area contributed by atoms with Crippen LogP contribution in [0.3, 0.4) is 0 Å². The highest BCUT2D eigenvalue weighted by Crippen LogP contribution is 2.26. The predicted octanol–water partition coefficient (Wildman–Crippen LogP) is 2.31. The second kappa shape index (κ2) is 6.68. The van der Waals surface area contributed by atoms with E-state index in [9.17, 15) is 17.6 Å². The molecule has 0 unspecified atom stereocenters. The number of carbonyl (C=O) groups is 1. The minimum atomic E-state index is -3.64. The van der Waals surface area contributed by atoms with E-state index in [1.54, 1.807) is 13.8 Å². The maximum Gasteiger partial charge on any atom is 0.251 e. The Labute approximate surface area is 146 Å². The van der Waals surface area contributed by atoms with Crippen LogP contribution in [0.25, 0.3) is 0 Å². The van der Waals surface area contributed by atoms with Crippen molar-refractivity contribution in [2.75, 3.05) is 13.1 Å². The van der Waals surface area contributed by atoms with Crippen LogP contribution in [0.1, 0.15) is 34.6 Å². The summed E-state index contributed by atoms with van der Waals surface area (Å²) in [6, 6.07) is 5.63. The first kappa shape index (κ1) is 17.8. The number of sulfonamides is 1. The Hall–Kier alpha value is -2.06. The molecule has 1 aromatic carbocycles. The van der Waals surface area contributed by atoms with Gasteiger partial charge in [0.05, 0.1) is 17.8 Å². The molecule has 6 nitrogen and oxygen atoms in total. The van der Waals surface area contributed by atoms with Gasteiger partial charge in [-0.3, -0.25) is 4.79 Å². The molecule has 25 heavy (non-hydrogen) atoms. The Morgan fingerprint density at radius 2 is 1.76 bits per heavy atom. The summed E-state index contributed by atoms with van der Waals surface area (Å²) in [5.74, 6) is -0.726. The average molecular weight is 365 g/mol. The Kier molecular flexibility index (Phi) is 4.75. The van der Waals surface area contributed by atoms with Crippen LogP contribution < -0.4 is 0 Å². The third-order valence-electron chi connectivity index (χ3n) is 4.39. The van der Waals surface area contributed by atoms with Crippen LogP contribution in [0.4, 0.5) is 4.39 Å². The summed E-state index contributed by atoms with van der Waals surface area (Å²) in [5, 5.41) is 4.15. The first-order valence-electron chi connectivity index (χ1n) is 8.14. The van der Waals surface area contributed by atoms with Gasteiger partial charge in [0.2, 0.25) is 10.0 Å². The number of rotatable bonds is 4. The van der Waals surface area contributed by atoms with Crippen molar-refractivity contribution >= 4 is 15.9 Å². The van der Waals surface area contributed by atoms with E-state index in [2.05, 4.69) is 5.10 Å². The van der Waals surface area contributed by atoms with Gasteiger partial charge in [-0.15, -0.1) is 0 Å². The monoisotopic (exact) mass is 365 g/mol. The molecule has 1 aliphatic heterocycles. The lowest BCUT2D eigenvalue weighted by Gasteiger charge is -2.15. The number of aryl methyl sites for hydroxylation is 1. The van der Waals surface area contributed by atoms with Crippen molar-refractivity contribution in [3.8, 4) is 0 Å². The molecule has 3 rings (SSSR count). The molecule has 0 saturated carbocycles. The number of nitrogens with zero attached hydrogens (tertiary/aromatic N) is 3. The lowest BCUT2D eigenvalue weighted by molar-refractivity contribution is 0.0895. The zero-order chi connectivity index (χ0) is 18.2. The maximum atomic E-state index is 13.0. The minimum Gasteiger partial charge on any atom is -0.272 e. The molecule has 0 N–H and O–H groups in total. The molecule has 8 heteroatoms. The van der Waals surface area contributed by atoms with Crippen LogP contribution in [-0.2, 0) is 16.4 Å². The third kappa shape index (κ3) is 3.36. The lowest BCUT2D eigenvalue weighted by Crippen LogP contribution is -2.29. The van der Waals surface area contributed by atoms with Crippen molar-refractivity contribution in [2.24, 2.45) is 0 Å². The maximum absolute atomic E-state index is 13.0. The van der Waals surface area contributed by atoms with Gasteiger partial charge in [-0.1, -0.05) is 12.1 Å². The highest BCUT2D eigenvalue weighted by atomic mass is 32.2. The number of carbonyl (C=O) groups excluding carboxylic acids is 1. The molecular formula is C17H20FN3O3S. The molecule has 134 valence electrons. The van der Waals surface area contributed by atoms with Crippen molar-refractivity contribution in [3.05, 3.63) is 47.0 Å². The van der Waals surface area contributed by atoms with Gasteiger partial charge in [-0.05, 0) is 44.4 Å². The van der Waals surface area contributed by atoms with Gasteiger partial charge in [-0.2, -0.15) is 9.40 Å². The van der Waals surface area contributed by atoms with E-state index >= 15 is 0 Å². The summed E-state index contributed by atoms with van der Waals surface area (Å²) in [7, 11) is -3.64. The van der Waals surface area contributed by atoms with Gasteiger partial charge in [0.15, 0.2) is 0 Å².